The van der Waals surface area contributed by atoms with Gasteiger partial charge < -0.3 is 16.4 Å². The quantitative estimate of drug-likeness (QED) is 0.537. The second-order valence-electron chi connectivity index (χ2n) is 3.06. The molecule has 0 aliphatic rings. The fraction of sp³-hybridized carbons (Fsp3) is 0.400. The topological polar surface area (TPSA) is 80.0 Å². The van der Waals surface area contributed by atoms with Crippen molar-refractivity contribution in [3.8, 4) is 0 Å². The molecular weight excluding hydrogens is 192 g/mol. The number of carbonyl (C=O) groups excluding carboxylic acids is 1. The molecule has 0 aliphatic carbocycles. The van der Waals surface area contributed by atoms with Gasteiger partial charge in [-0.1, -0.05) is 6.07 Å². The van der Waals surface area contributed by atoms with Crippen LogP contribution in [0.1, 0.15) is 5.69 Å². The highest BCUT2D eigenvalue weighted by atomic mass is 16.1. The fourth-order valence-corrected chi connectivity index (χ4v) is 1.06. The highest BCUT2D eigenvalue weighted by Gasteiger charge is 1.99. The van der Waals surface area contributed by atoms with Gasteiger partial charge in [0, 0.05) is 19.3 Å². The van der Waals surface area contributed by atoms with Crippen molar-refractivity contribution in [2.24, 2.45) is 5.73 Å². The molecule has 1 heterocycles. The van der Waals surface area contributed by atoms with Crippen LogP contribution in [-0.2, 0) is 11.3 Å². The average Bonchev–Trinajstić information content (AvgIpc) is 2.28. The minimum absolute atomic E-state index is 0.0471. The Labute approximate surface area is 89.1 Å². The lowest BCUT2D eigenvalue weighted by molar-refractivity contribution is -0.120. The van der Waals surface area contributed by atoms with Gasteiger partial charge in [-0.2, -0.15) is 0 Å². The monoisotopic (exact) mass is 208 g/mol. The number of pyridine rings is 1. The van der Waals surface area contributed by atoms with Gasteiger partial charge in [-0.3, -0.25) is 9.78 Å². The largest absolute Gasteiger partial charge is 0.349 e. The zero-order valence-electron chi connectivity index (χ0n) is 8.57. The summed E-state index contributed by atoms with van der Waals surface area (Å²) in [7, 11) is 0. The van der Waals surface area contributed by atoms with Gasteiger partial charge in [0.1, 0.15) is 0 Å². The van der Waals surface area contributed by atoms with Crippen molar-refractivity contribution in [2.75, 3.05) is 19.6 Å². The molecule has 1 amide bonds. The van der Waals surface area contributed by atoms with E-state index in [-0.39, 0.29) is 5.91 Å². The minimum Gasteiger partial charge on any atom is -0.349 e. The molecule has 0 unspecified atom stereocenters. The van der Waals surface area contributed by atoms with Crippen LogP contribution in [0.5, 0.6) is 0 Å². The number of nitrogens with zero attached hydrogens (tertiary/aromatic N) is 1. The maximum atomic E-state index is 11.2. The summed E-state index contributed by atoms with van der Waals surface area (Å²) < 4.78 is 0. The molecule has 0 atom stereocenters. The van der Waals surface area contributed by atoms with Crippen LogP contribution in [0.2, 0.25) is 0 Å². The van der Waals surface area contributed by atoms with E-state index in [4.69, 9.17) is 5.73 Å². The van der Waals surface area contributed by atoms with E-state index in [1.54, 1.807) is 6.20 Å². The van der Waals surface area contributed by atoms with Gasteiger partial charge in [0.05, 0.1) is 18.8 Å². The van der Waals surface area contributed by atoms with Crippen molar-refractivity contribution in [2.45, 2.75) is 6.54 Å². The summed E-state index contributed by atoms with van der Waals surface area (Å²) in [6, 6.07) is 5.60. The normalized spacial score (nSPS) is 9.93. The van der Waals surface area contributed by atoms with Crippen molar-refractivity contribution in [3.63, 3.8) is 0 Å². The SMILES string of the molecule is NCCNCC(=O)NCc1ccccn1. The molecule has 82 valence electrons. The summed E-state index contributed by atoms with van der Waals surface area (Å²) in [5, 5.41) is 5.67. The second kappa shape index (κ2) is 6.92. The molecule has 0 saturated heterocycles. The highest BCUT2D eigenvalue weighted by molar-refractivity contribution is 5.77. The predicted octanol–water partition coefficient (Wildman–Crippen LogP) is -0.754. The Kier molecular flexibility index (Phi) is 5.35. The molecule has 15 heavy (non-hydrogen) atoms. The molecule has 1 rings (SSSR count). The lowest BCUT2D eigenvalue weighted by Crippen LogP contribution is -2.35. The molecule has 4 N–H and O–H groups in total. The maximum Gasteiger partial charge on any atom is 0.234 e. The number of hydrogen-bond acceptors (Lipinski definition) is 4. The van der Waals surface area contributed by atoms with Crippen molar-refractivity contribution in [1.29, 1.82) is 0 Å². The summed E-state index contributed by atoms with van der Waals surface area (Å²) in [5.74, 6) is -0.0471. The van der Waals surface area contributed by atoms with Crippen molar-refractivity contribution in [3.05, 3.63) is 30.1 Å². The van der Waals surface area contributed by atoms with Gasteiger partial charge in [-0.05, 0) is 12.1 Å². The average molecular weight is 208 g/mol. The van der Waals surface area contributed by atoms with E-state index < -0.39 is 0 Å². The predicted molar refractivity (Wildman–Crippen MR) is 58.0 cm³/mol. The fourth-order valence-electron chi connectivity index (χ4n) is 1.06. The van der Waals surface area contributed by atoms with Crippen LogP contribution in [0.4, 0.5) is 0 Å². The summed E-state index contributed by atoms with van der Waals surface area (Å²) >= 11 is 0. The third-order valence-electron chi connectivity index (χ3n) is 1.80. The van der Waals surface area contributed by atoms with Crippen LogP contribution in [0.25, 0.3) is 0 Å². The van der Waals surface area contributed by atoms with E-state index in [0.29, 0.717) is 26.2 Å². The Morgan fingerprint density at radius 2 is 2.33 bits per heavy atom. The summed E-state index contributed by atoms with van der Waals surface area (Å²) in [5.41, 5.74) is 6.13. The molecule has 5 nitrogen and oxygen atoms in total. The highest BCUT2D eigenvalue weighted by Crippen LogP contribution is 1.91. The zero-order valence-corrected chi connectivity index (χ0v) is 8.57. The second-order valence-corrected chi connectivity index (χ2v) is 3.06. The van der Waals surface area contributed by atoms with Gasteiger partial charge in [0.25, 0.3) is 0 Å². The number of nitrogens with two attached hydrogens (primary N) is 1. The van der Waals surface area contributed by atoms with Crippen LogP contribution in [0.15, 0.2) is 24.4 Å². The Bertz CT molecular complexity index is 289. The number of aromatic nitrogens is 1. The van der Waals surface area contributed by atoms with Crippen LogP contribution >= 0.6 is 0 Å². The van der Waals surface area contributed by atoms with E-state index >= 15 is 0 Å². The van der Waals surface area contributed by atoms with E-state index in [0.717, 1.165) is 5.69 Å². The molecular formula is C10H16N4O. The molecule has 5 heteroatoms. The summed E-state index contributed by atoms with van der Waals surface area (Å²) in [6.45, 7) is 1.94. The molecule has 0 saturated carbocycles. The van der Waals surface area contributed by atoms with E-state index in [2.05, 4.69) is 15.6 Å². The van der Waals surface area contributed by atoms with Crippen molar-refractivity contribution in [1.82, 2.24) is 15.6 Å². The Hall–Kier alpha value is -1.46. The van der Waals surface area contributed by atoms with Gasteiger partial charge in [0.2, 0.25) is 5.91 Å². The standard InChI is InChI=1S/C10H16N4O/c11-4-6-12-8-10(15)14-7-9-3-1-2-5-13-9/h1-3,5,12H,4,6-8,11H2,(H,14,15). The van der Waals surface area contributed by atoms with Gasteiger partial charge in [0.15, 0.2) is 0 Å². The third kappa shape index (κ3) is 5.09. The Morgan fingerprint density at radius 1 is 1.47 bits per heavy atom. The van der Waals surface area contributed by atoms with Gasteiger partial charge >= 0.3 is 0 Å². The number of rotatable bonds is 6. The molecule has 0 spiro atoms. The lowest BCUT2D eigenvalue weighted by Gasteiger charge is -2.05. The Morgan fingerprint density at radius 3 is 3.00 bits per heavy atom. The third-order valence-corrected chi connectivity index (χ3v) is 1.80. The molecule has 1 aromatic heterocycles. The summed E-state index contributed by atoms with van der Waals surface area (Å²) in [6.07, 6.45) is 1.70. The Balaban J connectivity index is 2.17. The lowest BCUT2D eigenvalue weighted by atomic mass is 10.3. The van der Waals surface area contributed by atoms with Gasteiger partial charge in [-0.15, -0.1) is 0 Å². The number of hydrogen-bond donors (Lipinski definition) is 3. The van der Waals surface area contributed by atoms with E-state index in [1.807, 2.05) is 18.2 Å². The zero-order chi connectivity index (χ0) is 10.9. The first-order chi connectivity index (χ1) is 7.33. The molecule has 0 radical (unpaired) electrons. The van der Waals surface area contributed by atoms with Crippen LogP contribution in [-0.4, -0.2) is 30.5 Å². The molecule has 0 bridgehead atoms. The smallest absolute Gasteiger partial charge is 0.234 e. The first kappa shape index (κ1) is 11.6. The van der Waals surface area contributed by atoms with Crippen molar-refractivity contribution < 1.29 is 4.79 Å². The molecule has 0 fully saturated rings. The first-order valence-corrected chi connectivity index (χ1v) is 4.90. The van der Waals surface area contributed by atoms with Gasteiger partial charge in [-0.25, -0.2) is 0 Å². The molecule has 1 aromatic rings. The number of nitrogens with one attached hydrogen (secondary N) is 2. The van der Waals surface area contributed by atoms with Crippen LogP contribution in [0, 0.1) is 0 Å². The molecule has 0 aromatic carbocycles. The number of amides is 1. The minimum atomic E-state index is -0.0471. The summed E-state index contributed by atoms with van der Waals surface area (Å²) in [4.78, 5) is 15.3. The van der Waals surface area contributed by atoms with Crippen molar-refractivity contribution >= 4 is 5.91 Å². The van der Waals surface area contributed by atoms with E-state index in [1.165, 1.54) is 0 Å². The number of carbonyl (C=O) groups is 1. The van der Waals surface area contributed by atoms with Crippen LogP contribution < -0.4 is 16.4 Å². The van der Waals surface area contributed by atoms with Crippen LogP contribution in [0.3, 0.4) is 0 Å². The maximum absolute atomic E-state index is 11.2. The first-order valence-electron chi connectivity index (χ1n) is 4.90. The van der Waals surface area contributed by atoms with E-state index in [9.17, 15) is 4.79 Å². The molecule has 0 aliphatic heterocycles.